The molecule has 1 aromatic carbocycles. The van der Waals surface area contributed by atoms with Crippen molar-refractivity contribution in [1.29, 1.82) is 0 Å². The van der Waals surface area contributed by atoms with Crippen molar-refractivity contribution in [2.75, 3.05) is 25.7 Å². The molecule has 0 radical (unpaired) electrons. The minimum absolute atomic E-state index is 0.0914. The van der Waals surface area contributed by atoms with E-state index in [1.807, 2.05) is 12.1 Å². The molecule has 2 rings (SSSR count). The lowest BCUT2D eigenvalue weighted by Gasteiger charge is -2.30. The van der Waals surface area contributed by atoms with Crippen molar-refractivity contribution in [3.63, 3.8) is 0 Å². The van der Waals surface area contributed by atoms with Crippen LogP contribution in [0.25, 0.3) is 0 Å². The highest BCUT2D eigenvalue weighted by molar-refractivity contribution is 6.02. The van der Waals surface area contributed by atoms with Gasteiger partial charge < -0.3 is 14.4 Å². The van der Waals surface area contributed by atoms with Crippen molar-refractivity contribution in [1.82, 2.24) is 0 Å². The highest BCUT2D eigenvalue weighted by atomic mass is 16.5. The molecule has 0 N–H and O–H groups in total. The fraction of sp³-hybridized carbons (Fsp3) is 0.357. The van der Waals surface area contributed by atoms with Crippen LogP contribution < -0.4 is 14.4 Å². The summed E-state index contributed by atoms with van der Waals surface area (Å²) in [5, 5.41) is 0. The zero-order valence-corrected chi connectivity index (χ0v) is 10.7. The molecule has 18 heavy (non-hydrogen) atoms. The molecule has 0 bridgehead atoms. The number of rotatable bonds is 3. The molecule has 0 atom stereocenters. The minimum Gasteiger partial charge on any atom is -0.497 e. The van der Waals surface area contributed by atoms with Gasteiger partial charge in [-0.05, 0) is 18.9 Å². The molecule has 0 spiro atoms. The van der Waals surface area contributed by atoms with Crippen LogP contribution in [0, 0.1) is 0 Å². The predicted octanol–water partition coefficient (Wildman–Crippen LogP) is 2.17. The third kappa shape index (κ3) is 2.06. The number of carbonyl (C=O) groups is 1. The standard InChI is InChI=1S/C14H17NO3/c1-4-14(16)15-7-5-6-11-12(15)8-10(17-2)9-13(11)18-3/h4,8-9H,1,5-7H2,2-3H3. The molecule has 0 saturated heterocycles. The van der Waals surface area contributed by atoms with Gasteiger partial charge >= 0.3 is 0 Å². The van der Waals surface area contributed by atoms with E-state index < -0.39 is 0 Å². The molecule has 1 heterocycles. The summed E-state index contributed by atoms with van der Waals surface area (Å²) in [6, 6.07) is 3.72. The minimum atomic E-state index is -0.0914. The predicted molar refractivity (Wildman–Crippen MR) is 70.4 cm³/mol. The Morgan fingerprint density at radius 2 is 2.17 bits per heavy atom. The van der Waals surface area contributed by atoms with Crippen molar-refractivity contribution < 1.29 is 14.3 Å². The quantitative estimate of drug-likeness (QED) is 0.768. The van der Waals surface area contributed by atoms with Crippen LogP contribution in [0.1, 0.15) is 12.0 Å². The average molecular weight is 247 g/mol. The average Bonchev–Trinajstić information content (AvgIpc) is 2.44. The molecule has 0 aliphatic carbocycles. The lowest BCUT2D eigenvalue weighted by Crippen LogP contribution is -2.34. The summed E-state index contributed by atoms with van der Waals surface area (Å²) in [5.74, 6) is 1.37. The smallest absolute Gasteiger partial charge is 0.250 e. The maximum absolute atomic E-state index is 11.9. The van der Waals surface area contributed by atoms with Gasteiger partial charge in [-0.15, -0.1) is 0 Å². The first-order valence-electron chi connectivity index (χ1n) is 5.90. The molecule has 0 aromatic heterocycles. The first-order chi connectivity index (χ1) is 8.71. The second-order valence-electron chi connectivity index (χ2n) is 4.12. The maximum Gasteiger partial charge on any atom is 0.250 e. The summed E-state index contributed by atoms with van der Waals surface area (Å²) >= 11 is 0. The monoisotopic (exact) mass is 247 g/mol. The molecule has 1 aromatic rings. The summed E-state index contributed by atoms with van der Waals surface area (Å²) in [6.45, 7) is 4.24. The number of benzene rings is 1. The van der Waals surface area contributed by atoms with Crippen molar-refractivity contribution in [2.24, 2.45) is 0 Å². The van der Waals surface area contributed by atoms with Gasteiger partial charge in [-0.25, -0.2) is 0 Å². The summed E-state index contributed by atoms with van der Waals surface area (Å²) < 4.78 is 10.6. The number of hydrogen-bond donors (Lipinski definition) is 0. The van der Waals surface area contributed by atoms with Gasteiger partial charge in [0.25, 0.3) is 0 Å². The molecular weight excluding hydrogens is 230 g/mol. The van der Waals surface area contributed by atoms with Gasteiger partial charge in [0.05, 0.1) is 19.9 Å². The van der Waals surface area contributed by atoms with Crippen LogP contribution >= 0.6 is 0 Å². The van der Waals surface area contributed by atoms with Gasteiger partial charge in [0.15, 0.2) is 0 Å². The number of hydrogen-bond acceptors (Lipinski definition) is 3. The molecule has 1 amide bonds. The van der Waals surface area contributed by atoms with E-state index in [4.69, 9.17) is 9.47 Å². The number of anilines is 1. The van der Waals surface area contributed by atoms with Gasteiger partial charge in [-0.1, -0.05) is 6.58 Å². The van der Waals surface area contributed by atoms with Crippen molar-refractivity contribution >= 4 is 11.6 Å². The molecule has 4 heteroatoms. The Bertz CT molecular complexity index is 482. The Morgan fingerprint density at radius 1 is 1.39 bits per heavy atom. The molecule has 0 saturated carbocycles. The largest absolute Gasteiger partial charge is 0.497 e. The zero-order valence-electron chi connectivity index (χ0n) is 10.7. The van der Waals surface area contributed by atoms with E-state index >= 15 is 0 Å². The van der Waals surface area contributed by atoms with E-state index in [1.165, 1.54) is 6.08 Å². The number of nitrogens with zero attached hydrogens (tertiary/aromatic N) is 1. The van der Waals surface area contributed by atoms with Crippen molar-refractivity contribution in [2.45, 2.75) is 12.8 Å². The molecule has 1 aliphatic heterocycles. The fourth-order valence-corrected chi connectivity index (χ4v) is 2.27. The van der Waals surface area contributed by atoms with Gasteiger partial charge in [-0.3, -0.25) is 4.79 Å². The first kappa shape index (κ1) is 12.5. The topological polar surface area (TPSA) is 38.8 Å². The van der Waals surface area contributed by atoms with Gasteiger partial charge in [-0.2, -0.15) is 0 Å². The van der Waals surface area contributed by atoms with E-state index in [9.17, 15) is 4.79 Å². The fourth-order valence-electron chi connectivity index (χ4n) is 2.27. The van der Waals surface area contributed by atoms with E-state index in [0.29, 0.717) is 12.3 Å². The van der Waals surface area contributed by atoms with Crippen LogP contribution in [0.3, 0.4) is 0 Å². The molecule has 4 nitrogen and oxygen atoms in total. The maximum atomic E-state index is 11.9. The number of methoxy groups -OCH3 is 2. The van der Waals surface area contributed by atoms with E-state index in [2.05, 4.69) is 6.58 Å². The summed E-state index contributed by atoms with van der Waals surface area (Å²) in [6.07, 6.45) is 3.17. The second kappa shape index (κ2) is 5.12. The zero-order chi connectivity index (χ0) is 13.1. The van der Waals surface area contributed by atoms with Crippen molar-refractivity contribution in [3.8, 4) is 11.5 Å². The third-order valence-corrected chi connectivity index (χ3v) is 3.15. The van der Waals surface area contributed by atoms with Gasteiger partial charge in [0.2, 0.25) is 5.91 Å². The van der Waals surface area contributed by atoms with Crippen molar-refractivity contribution in [3.05, 3.63) is 30.4 Å². The summed E-state index contributed by atoms with van der Waals surface area (Å²) in [5.41, 5.74) is 1.92. The lowest BCUT2D eigenvalue weighted by molar-refractivity contribution is -0.114. The Morgan fingerprint density at radius 3 is 2.78 bits per heavy atom. The normalized spacial score (nSPS) is 13.8. The van der Waals surface area contributed by atoms with E-state index in [0.717, 1.165) is 29.8 Å². The molecule has 96 valence electrons. The number of amides is 1. The highest BCUT2D eigenvalue weighted by Gasteiger charge is 2.24. The van der Waals surface area contributed by atoms with Crippen LogP contribution in [-0.2, 0) is 11.2 Å². The Kier molecular flexibility index (Phi) is 3.55. The second-order valence-corrected chi connectivity index (χ2v) is 4.12. The summed E-state index contributed by atoms with van der Waals surface area (Å²) in [7, 11) is 3.23. The number of ether oxygens (including phenoxy) is 2. The van der Waals surface area contributed by atoms with Crippen LogP contribution in [0.5, 0.6) is 11.5 Å². The lowest BCUT2D eigenvalue weighted by atomic mass is 10.00. The summed E-state index contributed by atoms with van der Waals surface area (Å²) in [4.78, 5) is 13.6. The third-order valence-electron chi connectivity index (χ3n) is 3.15. The number of fused-ring (bicyclic) bond motifs is 1. The van der Waals surface area contributed by atoms with Crippen LogP contribution in [0.15, 0.2) is 24.8 Å². The first-order valence-corrected chi connectivity index (χ1v) is 5.90. The SMILES string of the molecule is C=CC(=O)N1CCCc2c(OC)cc(OC)cc21. The van der Waals surface area contributed by atoms with Crippen LogP contribution in [0.4, 0.5) is 5.69 Å². The van der Waals surface area contributed by atoms with E-state index in [1.54, 1.807) is 19.1 Å². The van der Waals surface area contributed by atoms with Crippen LogP contribution in [0.2, 0.25) is 0 Å². The Hall–Kier alpha value is -1.97. The Balaban J connectivity index is 2.54. The Labute approximate surface area is 107 Å². The van der Waals surface area contributed by atoms with Gasteiger partial charge in [0.1, 0.15) is 11.5 Å². The highest BCUT2D eigenvalue weighted by Crippen LogP contribution is 2.38. The van der Waals surface area contributed by atoms with Crippen LogP contribution in [-0.4, -0.2) is 26.7 Å². The molecule has 0 unspecified atom stereocenters. The number of carbonyl (C=O) groups excluding carboxylic acids is 1. The molecule has 1 aliphatic rings. The molecule has 0 fully saturated rings. The molecular formula is C14H17NO3. The van der Waals surface area contributed by atoms with E-state index in [-0.39, 0.29) is 5.91 Å². The van der Waals surface area contributed by atoms with Gasteiger partial charge in [0, 0.05) is 24.2 Å².